The van der Waals surface area contributed by atoms with Crippen molar-refractivity contribution in [3.05, 3.63) is 0 Å². The SMILES string of the molecule is CCCCCCCCCCCCCCCCCCCCCCCCCCCCCC(=O)OC(COC(=O)CCCCCCCCCCCCCCCCCCCCCC)COP(=O)(O)OCCN. The zero-order valence-corrected chi connectivity index (χ0v) is 46.3. The van der Waals surface area contributed by atoms with Crippen molar-refractivity contribution < 1.29 is 37.6 Å². The van der Waals surface area contributed by atoms with Gasteiger partial charge >= 0.3 is 19.8 Å². The molecule has 0 amide bonds. The Morgan fingerprint density at radius 2 is 0.632 bits per heavy atom. The van der Waals surface area contributed by atoms with Gasteiger partial charge in [0.1, 0.15) is 6.61 Å². The molecule has 0 aromatic carbocycles. The first-order valence-electron chi connectivity index (χ1n) is 30.0. The van der Waals surface area contributed by atoms with E-state index in [9.17, 15) is 19.0 Å². The number of carbonyl (C=O) groups excluding carboxylic acids is 2. The predicted molar refractivity (Wildman–Crippen MR) is 289 cm³/mol. The molecule has 0 fully saturated rings. The number of carbonyl (C=O) groups is 2. The molecule has 0 radical (unpaired) electrons. The van der Waals surface area contributed by atoms with Gasteiger partial charge in [-0.15, -0.1) is 0 Å². The van der Waals surface area contributed by atoms with E-state index in [1.807, 2.05) is 0 Å². The van der Waals surface area contributed by atoms with E-state index < -0.39 is 26.5 Å². The van der Waals surface area contributed by atoms with Crippen LogP contribution in [0.15, 0.2) is 0 Å². The summed E-state index contributed by atoms with van der Waals surface area (Å²) in [5, 5.41) is 0. The Bertz CT molecular complexity index is 1080. The van der Waals surface area contributed by atoms with Gasteiger partial charge in [-0.25, -0.2) is 4.57 Å². The van der Waals surface area contributed by atoms with Crippen LogP contribution in [0.1, 0.15) is 328 Å². The summed E-state index contributed by atoms with van der Waals surface area (Å²) >= 11 is 0. The Morgan fingerprint density at radius 3 is 0.897 bits per heavy atom. The third kappa shape index (κ3) is 54.3. The Morgan fingerprint density at radius 1 is 0.382 bits per heavy atom. The van der Waals surface area contributed by atoms with Crippen LogP contribution in [0, 0.1) is 0 Å². The lowest BCUT2D eigenvalue weighted by Gasteiger charge is -2.19. The first-order valence-corrected chi connectivity index (χ1v) is 31.5. The van der Waals surface area contributed by atoms with Gasteiger partial charge in [-0.2, -0.15) is 0 Å². The highest BCUT2D eigenvalue weighted by atomic mass is 31.2. The molecule has 0 saturated heterocycles. The summed E-state index contributed by atoms with van der Waals surface area (Å²) in [6.07, 6.45) is 61.7. The lowest BCUT2D eigenvalue weighted by molar-refractivity contribution is -0.161. The molecular weight excluding hydrogens is 870 g/mol. The fourth-order valence-electron chi connectivity index (χ4n) is 9.29. The minimum absolute atomic E-state index is 0.0586. The molecule has 0 aliphatic rings. The molecule has 2 atom stereocenters. The molecule has 2 unspecified atom stereocenters. The number of phosphoric acid groups is 1. The smallest absolute Gasteiger partial charge is 0.462 e. The molecule has 68 heavy (non-hydrogen) atoms. The minimum atomic E-state index is -4.38. The minimum Gasteiger partial charge on any atom is -0.462 e. The number of ether oxygens (including phenoxy) is 2. The second-order valence-electron chi connectivity index (χ2n) is 20.6. The van der Waals surface area contributed by atoms with Crippen LogP contribution in [-0.2, 0) is 32.7 Å². The molecule has 9 nitrogen and oxygen atoms in total. The van der Waals surface area contributed by atoms with Crippen LogP contribution in [0.3, 0.4) is 0 Å². The van der Waals surface area contributed by atoms with Gasteiger partial charge in [0.15, 0.2) is 6.10 Å². The van der Waals surface area contributed by atoms with Crippen molar-refractivity contribution in [1.29, 1.82) is 0 Å². The second-order valence-corrected chi connectivity index (χ2v) is 22.0. The van der Waals surface area contributed by atoms with E-state index in [0.29, 0.717) is 6.42 Å². The Hall–Kier alpha value is -0.990. The van der Waals surface area contributed by atoms with Gasteiger partial charge < -0.3 is 20.1 Å². The topological polar surface area (TPSA) is 134 Å². The number of phosphoric ester groups is 1. The van der Waals surface area contributed by atoms with Gasteiger partial charge in [-0.3, -0.25) is 18.6 Å². The number of unbranched alkanes of at least 4 members (excludes halogenated alkanes) is 45. The monoisotopic (exact) mass is 986 g/mol. The summed E-state index contributed by atoms with van der Waals surface area (Å²) in [6, 6.07) is 0. The van der Waals surface area contributed by atoms with Crippen molar-refractivity contribution >= 4 is 19.8 Å². The van der Waals surface area contributed by atoms with E-state index in [4.69, 9.17) is 24.3 Å². The van der Waals surface area contributed by atoms with E-state index in [1.165, 1.54) is 263 Å². The Balaban J connectivity index is 3.88. The molecule has 0 bridgehead atoms. The number of nitrogens with two attached hydrogens (primary N) is 1. The van der Waals surface area contributed by atoms with Gasteiger partial charge in [0.25, 0.3) is 0 Å². The van der Waals surface area contributed by atoms with Crippen molar-refractivity contribution in [2.24, 2.45) is 5.73 Å². The number of hydrogen-bond donors (Lipinski definition) is 2. The maximum Gasteiger partial charge on any atom is 0.472 e. The normalized spacial score (nSPS) is 12.9. The molecule has 0 saturated carbocycles. The number of esters is 2. The van der Waals surface area contributed by atoms with Gasteiger partial charge in [-0.1, -0.05) is 303 Å². The van der Waals surface area contributed by atoms with Crippen LogP contribution in [-0.4, -0.2) is 49.3 Å². The van der Waals surface area contributed by atoms with Gasteiger partial charge in [0, 0.05) is 19.4 Å². The van der Waals surface area contributed by atoms with Crippen LogP contribution >= 0.6 is 7.82 Å². The molecule has 0 aromatic rings. The first-order chi connectivity index (χ1) is 33.3. The molecule has 0 spiro atoms. The Labute approximate surface area is 422 Å². The average Bonchev–Trinajstić information content (AvgIpc) is 3.33. The summed E-state index contributed by atoms with van der Waals surface area (Å²) in [4.78, 5) is 35.2. The molecular formula is C58H116NO8P. The summed E-state index contributed by atoms with van der Waals surface area (Å²) in [5.74, 6) is -0.801. The van der Waals surface area contributed by atoms with Crippen molar-refractivity contribution in [1.82, 2.24) is 0 Å². The highest BCUT2D eigenvalue weighted by Crippen LogP contribution is 2.43. The second kappa shape index (κ2) is 55.3. The third-order valence-electron chi connectivity index (χ3n) is 13.7. The molecule has 0 rings (SSSR count). The van der Waals surface area contributed by atoms with Crippen LogP contribution in [0.25, 0.3) is 0 Å². The summed E-state index contributed by atoms with van der Waals surface area (Å²) in [5.41, 5.74) is 5.38. The maximum absolute atomic E-state index is 12.7. The zero-order valence-electron chi connectivity index (χ0n) is 45.4. The average molecular weight is 987 g/mol. The third-order valence-corrected chi connectivity index (χ3v) is 14.7. The lowest BCUT2D eigenvalue weighted by Crippen LogP contribution is -2.29. The molecule has 0 aliphatic heterocycles. The van der Waals surface area contributed by atoms with Crippen LogP contribution < -0.4 is 5.73 Å². The highest BCUT2D eigenvalue weighted by molar-refractivity contribution is 7.47. The summed E-state index contributed by atoms with van der Waals surface area (Å²) < 4.78 is 33.1. The van der Waals surface area contributed by atoms with E-state index in [1.54, 1.807) is 0 Å². The van der Waals surface area contributed by atoms with E-state index in [0.717, 1.165) is 32.1 Å². The molecule has 10 heteroatoms. The highest BCUT2D eigenvalue weighted by Gasteiger charge is 2.26. The fourth-order valence-corrected chi connectivity index (χ4v) is 10.1. The first kappa shape index (κ1) is 67.0. The van der Waals surface area contributed by atoms with Crippen molar-refractivity contribution in [3.8, 4) is 0 Å². The van der Waals surface area contributed by atoms with Crippen molar-refractivity contribution in [3.63, 3.8) is 0 Å². The van der Waals surface area contributed by atoms with Crippen LogP contribution in [0.2, 0.25) is 0 Å². The standard InChI is InChI=1S/C58H116NO8P/c1-3-5-7-9-11-13-15-17-19-21-23-25-26-27-28-29-30-31-33-35-37-39-41-43-45-47-49-51-58(61)67-56(55-66-68(62,63)65-53-52-59)54-64-57(60)50-48-46-44-42-40-38-36-34-32-24-22-20-18-16-14-12-10-8-6-4-2/h56H,3-55,59H2,1-2H3,(H,62,63). The molecule has 406 valence electrons. The molecule has 0 aliphatic carbocycles. The van der Waals surface area contributed by atoms with Gasteiger partial charge in [-0.05, 0) is 12.8 Å². The van der Waals surface area contributed by atoms with Crippen molar-refractivity contribution in [2.75, 3.05) is 26.4 Å². The predicted octanol–water partition coefficient (Wildman–Crippen LogP) is 18.7. The van der Waals surface area contributed by atoms with Crippen molar-refractivity contribution in [2.45, 2.75) is 335 Å². The zero-order chi connectivity index (χ0) is 49.5. The molecule has 3 N–H and O–H groups in total. The fraction of sp³-hybridized carbons (Fsp3) is 0.966. The number of hydrogen-bond acceptors (Lipinski definition) is 8. The van der Waals surface area contributed by atoms with E-state index in [-0.39, 0.29) is 38.6 Å². The summed E-state index contributed by atoms with van der Waals surface area (Å²) in [6.45, 7) is 3.83. The number of rotatable bonds is 58. The largest absolute Gasteiger partial charge is 0.472 e. The van der Waals surface area contributed by atoms with Crippen LogP contribution in [0.4, 0.5) is 0 Å². The Kier molecular flexibility index (Phi) is 54.5. The maximum atomic E-state index is 12.7. The van der Waals surface area contributed by atoms with E-state index in [2.05, 4.69) is 13.8 Å². The van der Waals surface area contributed by atoms with E-state index >= 15 is 0 Å². The molecule has 0 heterocycles. The van der Waals surface area contributed by atoms with Gasteiger partial charge in [0.2, 0.25) is 0 Å². The van der Waals surface area contributed by atoms with Crippen LogP contribution in [0.5, 0.6) is 0 Å². The lowest BCUT2D eigenvalue weighted by atomic mass is 10.0. The quantitative estimate of drug-likeness (QED) is 0.0347. The molecule has 0 aromatic heterocycles. The summed E-state index contributed by atoms with van der Waals surface area (Å²) in [7, 11) is -4.38. The van der Waals surface area contributed by atoms with Gasteiger partial charge in [0.05, 0.1) is 13.2 Å².